The van der Waals surface area contributed by atoms with Crippen molar-refractivity contribution >= 4 is 26.8 Å². The number of piperazine rings is 1. The van der Waals surface area contributed by atoms with Crippen molar-refractivity contribution in [2.45, 2.75) is 6.54 Å². The molecule has 3 rings (SSSR count). The Labute approximate surface area is 115 Å². The maximum absolute atomic E-state index is 4.39. The Morgan fingerprint density at radius 3 is 2.89 bits per heavy atom. The number of aromatic nitrogens is 2. The fourth-order valence-corrected chi connectivity index (χ4v) is 3.06. The molecule has 0 radical (unpaired) electrons. The summed E-state index contributed by atoms with van der Waals surface area (Å²) in [6, 6.07) is 6.61. The Kier molecular flexibility index (Phi) is 3.37. The molecule has 1 aromatic carbocycles. The summed E-state index contributed by atoms with van der Waals surface area (Å²) in [6.07, 6.45) is 0. The molecule has 18 heavy (non-hydrogen) atoms. The number of fused-ring (bicyclic) bond motifs is 1. The van der Waals surface area contributed by atoms with Gasteiger partial charge in [-0.1, -0.05) is 6.07 Å². The smallest absolute Gasteiger partial charge is 0.135 e. The predicted octanol–water partition coefficient (Wildman–Crippen LogP) is 1.74. The Morgan fingerprint density at radius 2 is 2.11 bits per heavy atom. The van der Waals surface area contributed by atoms with Gasteiger partial charge in [0.2, 0.25) is 0 Å². The molecular formula is C13H17BrN4. The molecule has 1 saturated heterocycles. The molecule has 5 heteroatoms. The van der Waals surface area contributed by atoms with Crippen LogP contribution in [0.5, 0.6) is 0 Å². The number of nitrogens with one attached hydrogen (secondary N) is 1. The average Bonchev–Trinajstić information content (AvgIpc) is 2.66. The first kappa shape index (κ1) is 12.1. The van der Waals surface area contributed by atoms with Crippen LogP contribution in [-0.2, 0) is 13.6 Å². The van der Waals surface area contributed by atoms with Gasteiger partial charge in [0.25, 0.3) is 0 Å². The topological polar surface area (TPSA) is 33.1 Å². The summed E-state index contributed by atoms with van der Waals surface area (Å²) in [5, 5.41) is 8.95. The monoisotopic (exact) mass is 308 g/mol. The highest BCUT2D eigenvalue weighted by Gasteiger charge is 2.11. The summed E-state index contributed by atoms with van der Waals surface area (Å²) >= 11 is 3.49. The van der Waals surface area contributed by atoms with Crippen molar-refractivity contribution in [1.29, 1.82) is 0 Å². The summed E-state index contributed by atoms with van der Waals surface area (Å²) in [4.78, 5) is 2.49. The van der Waals surface area contributed by atoms with Crippen LogP contribution in [-0.4, -0.2) is 40.9 Å². The van der Waals surface area contributed by atoms with E-state index in [2.05, 4.69) is 49.4 Å². The van der Waals surface area contributed by atoms with Crippen LogP contribution in [0, 0.1) is 0 Å². The van der Waals surface area contributed by atoms with Gasteiger partial charge >= 0.3 is 0 Å². The zero-order valence-electron chi connectivity index (χ0n) is 10.5. The third-order valence-electron chi connectivity index (χ3n) is 3.49. The molecule has 2 aromatic rings. The van der Waals surface area contributed by atoms with Crippen molar-refractivity contribution in [2.75, 3.05) is 26.2 Å². The molecule has 96 valence electrons. The zero-order valence-corrected chi connectivity index (χ0v) is 12.1. The third kappa shape index (κ3) is 2.30. The first-order valence-electron chi connectivity index (χ1n) is 6.28. The second-order valence-corrected chi connectivity index (χ2v) is 5.54. The molecule has 0 aliphatic carbocycles. The summed E-state index contributed by atoms with van der Waals surface area (Å²) in [5.41, 5.74) is 2.55. The Balaban J connectivity index is 1.86. The van der Waals surface area contributed by atoms with E-state index in [0.717, 1.165) is 37.3 Å². The number of aryl methyl sites for hydroxylation is 1. The van der Waals surface area contributed by atoms with Crippen LogP contribution < -0.4 is 5.32 Å². The lowest BCUT2D eigenvalue weighted by Gasteiger charge is -2.27. The number of benzene rings is 1. The van der Waals surface area contributed by atoms with Crippen LogP contribution in [0.15, 0.2) is 22.8 Å². The van der Waals surface area contributed by atoms with E-state index < -0.39 is 0 Å². The lowest BCUT2D eigenvalue weighted by atomic mass is 10.1. The van der Waals surface area contributed by atoms with Crippen molar-refractivity contribution in [1.82, 2.24) is 20.0 Å². The van der Waals surface area contributed by atoms with Gasteiger partial charge in [0.05, 0.1) is 5.52 Å². The molecule has 1 aliphatic rings. The molecule has 2 heterocycles. The highest BCUT2D eigenvalue weighted by atomic mass is 79.9. The second-order valence-electron chi connectivity index (χ2n) is 4.79. The molecular weight excluding hydrogens is 292 g/mol. The fraction of sp³-hybridized carbons (Fsp3) is 0.462. The van der Waals surface area contributed by atoms with E-state index in [4.69, 9.17) is 0 Å². The van der Waals surface area contributed by atoms with Gasteiger partial charge in [-0.05, 0) is 33.6 Å². The van der Waals surface area contributed by atoms with Crippen LogP contribution in [0.25, 0.3) is 10.9 Å². The standard InChI is InChI=1S/C13H17BrN4/c1-17-12-8-10(2-3-11(12)13(14)16-17)9-18-6-4-15-5-7-18/h2-3,8,15H,4-7,9H2,1H3. The SMILES string of the molecule is Cn1nc(Br)c2ccc(CN3CCNCC3)cc21. The van der Waals surface area contributed by atoms with Crippen LogP contribution in [0.3, 0.4) is 0 Å². The normalized spacial score (nSPS) is 17.4. The quantitative estimate of drug-likeness (QED) is 0.917. The molecule has 0 atom stereocenters. The highest BCUT2D eigenvalue weighted by Crippen LogP contribution is 2.24. The third-order valence-corrected chi connectivity index (χ3v) is 4.07. The van der Waals surface area contributed by atoms with Gasteiger partial charge in [-0.25, -0.2) is 0 Å². The van der Waals surface area contributed by atoms with E-state index >= 15 is 0 Å². The van der Waals surface area contributed by atoms with Crippen LogP contribution in [0.4, 0.5) is 0 Å². The lowest BCUT2D eigenvalue weighted by Crippen LogP contribution is -2.42. The molecule has 0 saturated carbocycles. The van der Waals surface area contributed by atoms with Crippen molar-refractivity contribution in [3.63, 3.8) is 0 Å². The maximum Gasteiger partial charge on any atom is 0.135 e. The predicted molar refractivity (Wildman–Crippen MR) is 76.6 cm³/mol. The molecule has 4 nitrogen and oxygen atoms in total. The number of rotatable bonds is 2. The van der Waals surface area contributed by atoms with Crippen molar-refractivity contribution < 1.29 is 0 Å². The van der Waals surface area contributed by atoms with Crippen LogP contribution in [0.1, 0.15) is 5.56 Å². The first-order valence-corrected chi connectivity index (χ1v) is 7.07. The van der Waals surface area contributed by atoms with E-state index in [1.807, 2.05) is 11.7 Å². The van der Waals surface area contributed by atoms with Crippen LogP contribution in [0.2, 0.25) is 0 Å². The summed E-state index contributed by atoms with van der Waals surface area (Å²) in [7, 11) is 1.99. The number of halogens is 1. The number of nitrogens with zero attached hydrogens (tertiary/aromatic N) is 3. The molecule has 0 spiro atoms. The summed E-state index contributed by atoms with van der Waals surface area (Å²) in [5.74, 6) is 0. The Bertz CT molecular complexity index is 557. The molecule has 1 aromatic heterocycles. The van der Waals surface area contributed by atoms with E-state index in [1.54, 1.807) is 0 Å². The van der Waals surface area contributed by atoms with Gasteiger partial charge in [0.1, 0.15) is 4.60 Å². The van der Waals surface area contributed by atoms with Gasteiger partial charge in [0.15, 0.2) is 0 Å². The largest absolute Gasteiger partial charge is 0.314 e. The highest BCUT2D eigenvalue weighted by molar-refractivity contribution is 9.10. The van der Waals surface area contributed by atoms with Gasteiger partial charge in [0, 0.05) is 45.2 Å². The second kappa shape index (κ2) is 4.99. The molecule has 1 fully saturated rings. The van der Waals surface area contributed by atoms with Crippen molar-refractivity contribution in [3.05, 3.63) is 28.4 Å². The number of hydrogen-bond acceptors (Lipinski definition) is 3. The van der Waals surface area contributed by atoms with E-state index in [9.17, 15) is 0 Å². The Hall–Kier alpha value is -0.910. The minimum absolute atomic E-state index is 0.925. The number of hydrogen-bond donors (Lipinski definition) is 1. The van der Waals surface area contributed by atoms with E-state index in [0.29, 0.717) is 0 Å². The van der Waals surface area contributed by atoms with Gasteiger partial charge in [-0.2, -0.15) is 5.10 Å². The molecule has 1 aliphatic heterocycles. The summed E-state index contributed by atoms with van der Waals surface area (Å²) in [6.45, 7) is 5.49. The minimum Gasteiger partial charge on any atom is -0.314 e. The zero-order chi connectivity index (χ0) is 12.5. The van der Waals surface area contributed by atoms with Crippen molar-refractivity contribution in [2.24, 2.45) is 7.05 Å². The average molecular weight is 309 g/mol. The molecule has 0 bridgehead atoms. The van der Waals surface area contributed by atoms with Crippen molar-refractivity contribution in [3.8, 4) is 0 Å². The molecule has 0 amide bonds. The van der Waals surface area contributed by atoms with E-state index in [1.165, 1.54) is 16.5 Å². The lowest BCUT2D eigenvalue weighted by molar-refractivity contribution is 0.233. The molecule has 0 unspecified atom stereocenters. The Morgan fingerprint density at radius 1 is 1.33 bits per heavy atom. The van der Waals surface area contributed by atoms with Gasteiger partial charge < -0.3 is 5.32 Å². The molecule has 1 N–H and O–H groups in total. The first-order chi connectivity index (χ1) is 8.74. The summed E-state index contributed by atoms with van der Waals surface area (Å²) < 4.78 is 2.86. The van der Waals surface area contributed by atoms with Gasteiger partial charge in [-0.15, -0.1) is 0 Å². The van der Waals surface area contributed by atoms with Crippen LogP contribution >= 0.6 is 15.9 Å². The van der Waals surface area contributed by atoms with E-state index in [-0.39, 0.29) is 0 Å². The van der Waals surface area contributed by atoms with Gasteiger partial charge in [-0.3, -0.25) is 9.58 Å². The maximum atomic E-state index is 4.39. The minimum atomic E-state index is 0.925. The fourth-order valence-electron chi connectivity index (χ4n) is 2.48.